The van der Waals surface area contributed by atoms with Gasteiger partial charge < -0.3 is 15.1 Å². The van der Waals surface area contributed by atoms with E-state index in [2.05, 4.69) is 10.5 Å². The Kier molecular flexibility index (Phi) is 5.02. The fraction of sp³-hybridized carbons (Fsp3) is 0.556. The fourth-order valence-electron chi connectivity index (χ4n) is 3.14. The molecule has 24 heavy (non-hydrogen) atoms. The Morgan fingerprint density at radius 3 is 2.67 bits per heavy atom. The lowest BCUT2D eigenvalue weighted by molar-refractivity contribution is -0.132. The quantitative estimate of drug-likeness (QED) is 0.922. The van der Waals surface area contributed by atoms with Gasteiger partial charge in [0, 0.05) is 25.6 Å². The summed E-state index contributed by atoms with van der Waals surface area (Å²) in [5.74, 6) is 0.00301. The van der Waals surface area contributed by atoms with Crippen molar-refractivity contribution in [1.29, 1.82) is 0 Å². The van der Waals surface area contributed by atoms with Crippen molar-refractivity contribution in [3.63, 3.8) is 0 Å². The van der Waals surface area contributed by atoms with Crippen molar-refractivity contribution in [3.05, 3.63) is 30.1 Å². The van der Waals surface area contributed by atoms with Crippen molar-refractivity contribution in [2.75, 3.05) is 18.0 Å². The molecule has 130 valence electrons. The van der Waals surface area contributed by atoms with Gasteiger partial charge in [-0.05, 0) is 30.9 Å². The third kappa shape index (κ3) is 3.68. The Hall–Kier alpha value is -2.11. The molecule has 2 heterocycles. The molecule has 0 bridgehead atoms. The second kappa shape index (κ2) is 7.20. The number of halogens is 1. The van der Waals surface area contributed by atoms with E-state index in [-0.39, 0.29) is 17.8 Å². The summed E-state index contributed by atoms with van der Waals surface area (Å²) in [6.07, 6.45) is 1.65. The number of oxime groups is 1. The summed E-state index contributed by atoms with van der Waals surface area (Å²) >= 11 is 0. The summed E-state index contributed by atoms with van der Waals surface area (Å²) in [6, 6.07) is 6.92. The van der Waals surface area contributed by atoms with Crippen LogP contribution in [0.25, 0.3) is 0 Å². The highest BCUT2D eigenvalue weighted by Crippen LogP contribution is 2.23. The van der Waals surface area contributed by atoms with Crippen LogP contribution in [0.4, 0.5) is 10.1 Å². The van der Waals surface area contributed by atoms with Gasteiger partial charge >= 0.3 is 0 Å². The van der Waals surface area contributed by atoms with Crippen LogP contribution >= 0.6 is 0 Å². The summed E-state index contributed by atoms with van der Waals surface area (Å²) in [7, 11) is 0. The summed E-state index contributed by atoms with van der Waals surface area (Å²) < 4.78 is 13.8. The molecule has 0 radical (unpaired) electrons. The van der Waals surface area contributed by atoms with E-state index in [1.54, 1.807) is 12.1 Å². The highest BCUT2D eigenvalue weighted by Gasteiger charge is 2.31. The number of hydrogen-bond acceptors (Lipinski definition) is 4. The van der Waals surface area contributed by atoms with Crippen molar-refractivity contribution < 1.29 is 14.0 Å². The largest absolute Gasteiger partial charge is 0.382 e. The summed E-state index contributed by atoms with van der Waals surface area (Å²) in [4.78, 5) is 19.6. The predicted molar refractivity (Wildman–Crippen MR) is 91.5 cm³/mol. The number of benzene rings is 1. The number of carbonyl (C=O) groups excluding carboxylic acids is 1. The molecule has 0 aliphatic carbocycles. The van der Waals surface area contributed by atoms with Crippen LogP contribution in [-0.2, 0) is 9.63 Å². The first-order valence-electron chi connectivity index (χ1n) is 8.57. The molecular formula is C18H24FN3O2. The van der Waals surface area contributed by atoms with E-state index in [0.29, 0.717) is 18.0 Å². The van der Waals surface area contributed by atoms with E-state index in [9.17, 15) is 9.18 Å². The number of amides is 1. The number of nitrogens with one attached hydrogen (secondary N) is 1. The molecule has 2 aliphatic rings. The number of hydrogen-bond donors (Lipinski definition) is 1. The monoisotopic (exact) mass is 333 g/mol. The maximum absolute atomic E-state index is 13.8. The van der Waals surface area contributed by atoms with Crippen molar-refractivity contribution >= 4 is 17.3 Å². The van der Waals surface area contributed by atoms with E-state index < -0.39 is 6.10 Å². The number of para-hydroxylation sites is 1. The predicted octanol–water partition coefficient (Wildman–Crippen LogP) is 2.71. The molecule has 3 rings (SSSR count). The summed E-state index contributed by atoms with van der Waals surface area (Å²) in [5, 5.41) is 7.05. The lowest BCUT2D eigenvalue weighted by Gasteiger charge is -2.34. The van der Waals surface area contributed by atoms with Gasteiger partial charge in [0.15, 0.2) is 0 Å². The second-order valence-electron chi connectivity index (χ2n) is 6.76. The van der Waals surface area contributed by atoms with E-state index in [0.717, 1.165) is 31.6 Å². The number of nitrogens with zero attached hydrogens (tertiary/aromatic N) is 2. The maximum atomic E-state index is 13.8. The van der Waals surface area contributed by atoms with E-state index >= 15 is 0 Å². The van der Waals surface area contributed by atoms with Crippen LogP contribution in [0.15, 0.2) is 29.4 Å². The number of anilines is 1. The van der Waals surface area contributed by atoms with Gasteiger partial charge in [0.05, 0.1) is 11.4 Å². The van der Waals surface area contributed by atoms with E-state index in [4.69, 9.17) is 4.84 Å². The highest BCUT2D eigenvalue weighted by atomic mass is 19.1. The van der Waals surface area contributed by atoms with Gasteiger partial charge in [-0.2, -0.15) is 0 Å². The van der Waals surface area contributed by atoms with Crippen LogP contribution in [0.1, 0.15) is 33.1 Å². The van der Waals surface area contributed by atoms with Crippen molar-refractivity contribution in [2.45, 2.75) is 45.3 Å². The molecule has 1 N–H and O–H groups in total. The van der Waals surface area contributed by atoms with E-state index in [1.807, 2.05) is 24.8 Å². The number of piperidine rings is 1. The first-order chi connectivity index (χ1) is 11.5. The molecule has 6 heteroatoms. The Bertz CT molecular complexity index is 624. The van der Waals surface area contributed by atoms with Gasteiger partial charge in [-0.1, -0.05) is 31.1 Å². The fourth-order valence-corrected chi connectivity index (χ4v) is 3.14. The lowest BCUT2D eigenvalue weighted by atomic mass is 10.0. The normalized spacial score (nSPS) is 21.6. The third-order valence-electron chi connectivity index (χ3n) is 4.69. The van der Waals surface area contributed by atoms with Crippen LogP contribution in [0.2, 0.25) is 0 Å². The van der Waals surface area contributed by atoms with Gasteiger partial charge in [-0.15, -0.1) is 0 Å². The minimum atomic E-state index is -0.507. The van der Waals surface area contributed by atoms with E-state index in [1.165, 1.54) is 6.07 Å². The Balaban J connectivity index is 1.48. The molecule has 0 aromatic heterocycles. The van der Waals surface area contributed by atoms with Crippen LogP contribution in [0.3, 0.4) is 0 Å². The van der Waals surface area contributed by atoms with Gasteiger partial charge in [0.2, 0.25) is 6.10 Å². The van der Waals surface area contributed by atoms with Gasteiger partial charge in [0.1, 0.15) is 5.82 Å². The lowest BCUT2D eigenvalue weighted by Crippen LogP contribution is -2.47. The van der Waals surface area contributed by atoms with Crippen LogP contribution in [0, 0.1) is 11.7 Å². The molecular weight excluding hydrogens is 309 g/mol. The van der Waals surface area contributed by atoms with Gasteiger partial charge in [-0.25, -0.2) is 4.39 Å². The molecule has 1 aromatic carbocycles. The van der Waals surface area contributed by atoms with Crippen molar-refractivity contribution in [3.8, 4) is 0 Å². The molecule has 1 atom stereocenters. The third-order valence-corrected chi connectivity index (χ3v) is 4.69. The average molecular weight is 333 g/mol. The Morgan fingerprint density at radius 2 is 2.04 bits per heavy atom. The number of rotatable bonds is 4. The summed E-state index contributed by atoms with van der Waals surface area (Å²) in [5.41, 5.74) is 1.57. The van der Waals surface area contributed by atoms with Crippen LogP contribution in [0.5, 0.6) is 0 Å². The molecule has 1 fully saturated rings. The van der Waals surface area contributed by atoms with Gasteiger partial charge in [0.25, 0.3) is 5.91 Å². The smallest absolute Gasteiger partial charge is 0.264 e. The van der Waals surface area contributed by atoms with Crippen LogP contribution in [-0.4, -0.2) is 36.9 Å². The molecule has 0 saturated carbocycles. The van der Waals surface area contributed by atoms with Crippen LogP contribution < -0.4 is 10.2 Å². The molecule has 1 saturated heterocycles. The second-order valence-corrected chi connectivity index (χ2v) is 6.76. The zero-order valence-electron chi connectivity index (χ0n) is 14.2. The zero-order chi connectivity index (χ0) is 17.1. The molecule has 0 unspecified atom stereocenters. The zero-order valence-corrected chi connectivity index (χ0v) is 14.2. The SMILES string of the molecule is CC(C)C1=NO[C@@H](C(=O)NC2CCN(c3ccccc3F)CC2)C1. The Labute approximate surface area is 141 Å². The number of carbonyl (C=O) groups is 1. The van der Waals surface area contributed by atoms with Gasteiger partial charge in [-0.3, -0.25) is 4.79 Å². The average Bonchev–Trinajstić information content (AvgIpc) is 3.07. The minimum absolute atomic E-state index is 0.0984. The first kappa shape index (κ1) is 16.7. The standard InChI is InChI=1S/C18H24FN3O2/c1-12(2)15-11-17(24-21-15)18(23)20-13-7-9-22(10-8-13)16-6-4-3-5-14(16)19/h3-6,12-13,17H,7-11H2,1-2H3,(H,20,23)/t17-/m1/s1. The molecule has 5 nitrogen and oxygen atoms in total. The highest BCUT2D eigenvalue weighted by molar-refractivity contribution is 5.93. The van der Waals surface area contributed by atoms with Crippen molar-refractivity contribution in [2.24, 2.45) is 11.1 Å². The molecule has 1 aromatic rings. The van der Waals surface area contributed by atoms with Crippen molar-refractivity contribution in [1.82, 2.24) is 5.32 Å². The minimum Gasteiger partial charge on any atom is -0.382 e. The Morgan fingerprint density at radius 1 is 1.33 bits per heavy atom. The molecule has 0 spiro atoms. The first-order valence-corrected chi connectivity index (χ1v) is 8.57. The maximum Gasteiger partial charge on any atom is 0.264 e. The molecule has 1 amide bonds. The molecule has 2 aliphatic heterocycles. The summed E-state index contributed by atoms with van der Waals surface area (Å²) in [6.45, 7) is 5.54. The topological polar surface area (TPSA) is 53.9 Å².